The largest absolute Gasteiger partial charge is 0.493 e. The fourth-order valence-corrected chi connectivity index (χ4v) is 3.11. The molecule has 20 heavy (non-hydrogen) atoms. The molecule has 2 N–H and O–H groups in total. The van der Waals surface area contributed by atoms with Crippen LogP contribution < -0.4 is 10.1 Å². The molecule has 1 aliphatic heterocycles. The Morgan fingerprint density at radius 2 is 2.30 bits per heavy atom. The molecule has 2 atom stereocenters. The van der Waals surface area contributed by atoms with Crippen molar-refractivity contribution in [1.82, 2.24) is 5.32 Å². The highest BCUT2D eigenvalue weighted by Gasteiger charge is 2.21. The van der Waals surface area contributed by atoms with E-state index in [0.29, 0.717) is 24.6 Å². The standard InChI is InChI=1S/C16H21NO3/c18-14-3-1-2-11(8-14)10-17-16(19)13-4-5-15-12(9-13)6-7-20-15/h4-5,9,11,14,18H,1-3,6-8,10H2,(H,17,19). The van der Waals surface area contributed by atoms with Gasteiger partial charge in [0, 0.05) is 18.5 Å². The van der Waals surface area contributed by atoms with Gasteiger partial charge in [0.25, 0.3) is 5.91 Å². The van der Waals surface area contributed by atoms with Gasteiger partial charge in [-0.1, -0.05) is 6.42 Å². The van der Waals surface area contributed by atoms with E-state index in [1.54, 1.807) is 0 Å². The highest BCUT2D eigenvalue weighted by molar-refractivity contribution is 5.94. The third kappa shape index (κ3) is 2.96. The van der Waals surface area contributed by atoms with Crippen LogP contribution in [0.2, 0.25) is 0 Å². The first kappa shape index (κ1) is 13.4. The summed E-state index contributed by atoms with van der Waals surface area (Å²) in [4.78, 5) is 12.2. The summed E-state index contributed by atoms with van der Waals surface area (Å²) in [6.07, 6.45) is 4.54. The van der Waals surface area contributed by atoms with E-state index >= 15 is 0 Å². The SMILES string of the molecule is O=C(NCC1CCCC(O)C1)c1ccc2c(c1)CCO2. The highest BCUT2D eigenvalue weighted by atomic mass is 16.5. The highest BCUT2D eigenvalue weighted by Crippen LogP contribution is 2.26. The Kier molecular flexibility index (Phi) is 3.92. The van der Waals surface area contributed by atoms with Gasteiger partial charge in [0.2, 0.25) is 0 Å². The van der Waals surface area contributed by atoms with E-state index < -0.39 is 0 Å². The van der Waals surface area contributed by atoms with E-state index in [1.807, 2.05) is 18.2 Å². The van der Waals surface area contributed by atoms with Crippen LogP contribution in [-0.4, -0.2) is 30.3 Å². The molecule has 2 aliphatic rings. The van der Waals surface area contributed by atoms with Crippen LogP contribution in [0.4, 0.5) is 0 Å². The number of aliphatic hydroxyl groups is 1. The van der Waals surface area contributed by atoms with Crippen molar-refractivity contribution in [3.8, 4) is 5.75 Å². The number of nitrogens with one attached hydrogen (secondary N) is 1. The average Bonchev–Trinajstić information content (AvgIpc) is 2.92. The normalized spacial score (nSPS) is 24.9. The summed E-state index contributed by atoms with van der Waals surface area (Å²) in [6, 6.07) is 5.62. The maximum atomic E-state index is 12.2. The lowest BCUT2D eigenvalue weighted by Gasteiger charge is -2.25. The van der Waals surface area contributed by atoms with Gasteiger partial charge in [-0.3, -0.25) is 4.79 Å². The van der Waals surface area contributed by atoms with Crippen LogP contribution in [0.5, 0.6) is 5.75 Å². The van der Waals surface area contributed by atoms with Crippen LogP contribution in [0.1, 0.15) is 41.6 Å². The van der Waals surface area contributed by atoms with E-state index in [1.165, 1.54) is 0 Å². The van der Waals surface area contributed by atoms with Gasteiger partial charge < -0.3 is 15.2 Å². The minimum atomic E-state index is -0.192. The van der Waals surface area contributed by atoms with Crippen molar-refractivity contribution >= 4 is 5.91 Å². The molecule has 0 radical (unpaired) electrons. The zero-order chi connectivity index (χ0) is 13.9. The van der Waals surface area contributed by atoms with Crippen LogP contribution in [0, 0.1) is 5.92 Å². The van der Waals surface area contributed by atoms with Gasteiger partial charge in [-0.05, 0) is 48.9 Å². The van der Waals surface area contributed by atoms with Crippen molar-refractivity contribution < 1.29 is 14.6 Å². The maximum Gasteiger partial charge on any atom is 0.251 e. The van der Waals surface area contributed by atoms with Crippen LogP contribution >= 0.6 is 0 Å². The molecule has 0 saturated heterocycles. The molecule has 1 fully saturated rings. The van der Waals surface area contributed by atoms with E-state index in [2.05, 4.69) is 5.32 Å². The zero-order valence-electron chi connectivity index (χ0n) is 11.6. The van der Waals surface area contributed by atoms with Gasteiger partial charge in [0.05, 0.1) is 12.7 Å². The number of amides is 1. The summed E-state index contributed by atoms with van der Waals surface area (Å²) in [5.74, 6) is 1.28. The molecule has 1 amide bonds. The second-order valence-corrected chi connectivity index (χ2v) is 5.82. The lowest BCUT2D eigenvalue weighted by molar-refractivity contribution is 0.0874. The van der Waals surface area contributed by atoms with Crippen molar-refractivity contribution in [3.05, 3.63) is 29.3 Å². The van der Waals surface area contributed by atoms with Crippen molar-refractivity contribution in [1.29, 1.82) is 0 Å². The lowest BCUT2D eigenvalue weighted by Crippen LogP contribution is -2.33. The molecule has 0 spiro atoms. The van der Waals surface area contributed by atoms with E-state index in [9.17, 15) is 9.90 Å². The van der Waals surface area contributed by atoms with Gasteiger partial charge in [0.15, 0.2) is 0 Å². The lowest BCUT2D eigenvalue weighted by atomic mass is 9.87. The first-order valence-electron chi connectivity index (χ1n) is 7.44. The molecule has 2 unspecified atom stereocenters. The van der Waals surface area contributed by atoms with Gasteiger partial charge >= 0.3 is 0 Å². The van der Waals surface area contributed by atoms with E-state index in [0.717, 1.165) is 43.4 Å². The fraction of sp³-hybridized carbons (Fsp3) is 0.562. The molecule has 1 saturated carbocycles. The quantitative estimate of drug-likeness (QED) is 0.886. The Hall–Kier alpha value is -1.55. The van der Waals surface area contributed by atoms with Gasteiger partial charge in [-0.25, -0.2) is 0 Å². The molecule has 1 aliphatic carbocycles. The summed E-state index contributed by atoms with van der Waals surface area (Å²) in [5, 5.41) is 12.6. The molecular weight excluding hydrogens is 254 g/mol. The summed E-state index contributed by atoms with van der Waals surface area (Å²) < 4.78 is 5.44. The minimum absolute atomic E-state index is 0.0280. The van der Waals surface area contributed by atoms with Crippen LogP contribution in [0.15, 0.2) is 18.2 Å². The van der Waals surface area contributed by atoms with Gasteiger partial charge in [-0.2, -0.15) is 0 Å². The molecule has 1 aromatic carbocycles. The monoisotopic (exact) mass is 275 g/mol. The van der Waals surface area contributed by atoms with Crippen LogP contribution in [0.25, 0.3) is 0 Å². The first-order chi connectivity index (χ1) is 9.72. The Morgan fingerprint density at radius 1 is 1.40 bits per heavy atom. The van der Waals surface area contributed by atoms with E-state index in [-0.39, 0.29) is 12.0 Å². The number of fused-ring (bicyclic) bond motifs is 1. The van der Waals surface area contributed by atoms with Crippen molar-refractivity contribution in [2.75, 3.05) is 13.2 Å². The van der Waals surface area contributed by atoms with Crippen molar-refractivity contribution in [3.63, 3.8) is 0 Å². The van der Waals surface area contributed by atoms with Gasteiger partial charge in [-0.15, -0.1) is 0 Å². The number of hydrogen-bond donors (Lipinski definition) is 2. The number of carbonyl (C=O) groups is 1. The molecule has 1 aromatic rings. The Labute approximate surface area is 119 Å². The Morgan fingerprint density at radius 3 is 3.15 bits per heavy atom. The molecule has 0 aromatic heterocycles. The van der Waals surface area contributed by atoms with E-state index in [4.69, 9.17) is 4.74 Å². The first-order valence-corrected chi connectivity index (χ1v) is 7.44. The van der Waals surface area contributed by atoms with Crippen molar-refractivity contribution in [2.45, 2.75) is 38.2 Å². The average molecular weight is 275 g/mol. The topological polar surface area (TPSA) is 58.6 Å². The predicted molar refractivity (Wildman–Crippen MR) is 75.9 cm³/mol. The summed E-state index contributed by atoms with van der Waals surface area (Å²) in [7, 11) is 0. The number of hydrogen-bond acceptors (Lipinski definition) is 3. The second-order valence-electron chi connectivity index (χ2n) is 5.82. The van der Waals surface area contributed by atoms with Crippen LogP contribution in [0.3, 0.4) is 0 Å². The summed E-state index contributed by atoms with van der Waals surface area (Å²) >= 11 is 0. The Bertz CT molecular complexity index is 500. The maximum absolute atomic E-state index is 12.2. The number of aliphatic hydroxyl groups excluding tert-OH is 1. The van der Waals surface area contributed by atoms with Crippen LogP contribution in [-0.2, 0) is 6.42 Å². The predicted octanol–water partition coefficient (Wildman–Crippen LogP) is 1.90. The molecule has 3 rings (SSSR count). The minimum Gasteiger partial charge on any atom is -0.493 e. The number of rotatable bonds is 3. The molecule has 4 heteroatoms. The molecule has 4 nitrogen and oxygen atoms in total. The number of benzene rings is 1. The third-order valence-corrected chi connectivity index (χ3v) is 4.26. The molecule has 1 heterocycles. The number of ether oxygens (including phenoxy) is 1. The second kappa shape index (κ2) is 5.83. The molecular formula is C16H21NO3. The number of carbonyl (C=O) groups excluding carboxylic acids is 1. The molecule has 108 valence electrons. The smallest absolute Gasteiger partial charge is 0.251 e. The fourth-order valence-electron chi connectivity index (χ4n) is 3.11. The molecule has 0 bridgehead atoms. The Balaban J connectivity index is 1.56. The summed E-state index contributed by atoms with van der Waals surface area (Å²) in [5.41, 5.74) is 1.82. The summed E-state index contributed by atoms with van der Waals surface area (Å²) in [6.45, 7) is 1.36. The zero-order valence-corrected chi connectivity index (χ0v) is 11.6. The third-order valence-electron chi connectivity index (χ3n) is 4.26. The van der Waals surface area contributed by atoms with Crippen molar-refractivity contribution in [2.24, 2.45) is 5.92 Å². The van der Waals surface area contributed by atoms with Gasteiger partial charge in [0.1, 0.15) is 5.75 Å².